The molecule has 1 aliphatic carbocycles. The fourth-order valence-corrected chi connectivity index (χ4v) is 5.93. The van der Waals surface area contributed by atoms with Crippen molar-refractivity contribution in [3.8, 4) is 11.5 Å². The molecule has 1 unspecified atom stereocenters. The Morgan fingerprint density at radius 1 is 1.08 bits per heavy atom. The van der Waals surface area contributed by atoms with Crippen LogP contribution < -0.4 is 19.1 Å². The highest BCUT2D eigenvalue weighted by Gasteiger charge is 2.29. The van der Waals surface area contributed by atoms with E-state index in [1.165, 1.54) is 17.5 Å². The number of anilines is 1. The van der Waals surface area contributed by atoms with Gasteiger partial charge in [-0.05, 0) is 62.1 Å². The van der Waals surface area contributed by atoms with Gasteiger partial charge in [-0.15, -0.1) is 0 Å². The van der Waals surface area contributed by atoms with E-state index in [2.05, 4.69) is 5.32 Å². The second-order valence-electron chi connectivity index (χ2n) is 9.79. The maximum atomic E-state index is 13.5. The summed E-state index contributed by atoms with van der Waals surface area (Å²) in [6.07, 6.45) is 5.49. The monoisotopic (exact) mass is 579 g/mol. The number of sulfonamides is 1. The zero-order valence-electron chi connectivity index (χ0n) is 23.0. The Bertz CT molecular complexity index is 1230. The van der Waals surface area contributed by atoms with Crippen molar-refractivity contribution in [3.05, 3.63) is 53.1 Å². The van der Waals surface area contributed by atoms with Gasteiger partial charge in [0.05, 0.1) is 31.2 Å². The van der Waals surface area contributed by atoms with Crippen LogP contribution in [0, 0.1) is 0 Å². The van der Waals surface area contributed by atoms with Gasteiger partial charge in [-0.2, -0.15) is 0 Å². The first kappa shape index (κ1) is 30.6. The standard InChI is InChI=1S/C28H38ClN3O6S/c1-20(28(34)30-22-8-5-6-9-22)31(19-21-11-14-24(37-2)15-12-21)27(33)10-7-17-32(39(4,35)36)23-13-16-26(38-3)25(29)18-23/h11-16,18,20,22H,5-10,17,19H2,1-4H3,(H,30,34). The summed E-state index contributed by atoms with van der Waals surface area (Å²) >= 11 is 6.22. The Balaban J connectivity index is 1.73. The Morgan fingerprint density at radius 3 is 2.31 bits per heavy atom. The number of ether oxygens (including phenoxy) is 2. The zero-order valence-corrected chi connectivity index (χ0v) is 24.6. The van der Waals surface area contributed by atoms with Crippen molar-refractivity contribution in [2.75, 3.05) is 31.3 Å². The molecule has 0 spiro atoms. The number of halogens is 1. The summed E-state index contributed by atoms with van der Waals surface area (Å²) in [4.78, 5) is 28.1. The zero-order chi connectivity index (χ0) is 28.6. The molecule has 0 aromatic heterocycles. The molecule has 39 heavy (non-hydrogen) atoms. The minimum atomic E-state index is -3.64. The molecule has 2 amide bonds. The van der Waals surface area contributed by atoms with E-state index in [4.69, 9.17) is 21.1 Å². The average Bonchev–Trinajstić information content (AvgIpc) is 3.41. The number of benzene rings is 2. The van der Waals surface area contributed by atoms with Crippen LogP contribution in [-0.2, 0) is 26.2 Å². The molecule has 3 rings (SSSR count). The van der Waals surface area contributed by atoms with Crippen molar-refractivity contribution in [2.45, 2.75) is 64.1 Å². The van der Waals surface area contributed by atoms with Crippen LogP contribution in [0.1, 0.15) is 51.0 Å². The number of hydrogen-bond acceptors (Lipinski definition) is 6. The maximum Gasteiger partial charge on any atom is 0.242 e. The third-order valence-corrected chi connectivity index (χ3v) is 8.45. The van der Waals surface area contributed by atoms with Crippen LogP contribution >= 0.6 is 11.6 Å². The minimum absolute atomic E-state index is 0.0626. The largest absolute Gasteiger partial charge is 0.497 e. The van der Waals surface area contributed by atoms with Gasteiger partial charge in [0.2, 0.25) is 21.8 Å². The summed E-state index contributed by atoms with van der Waals surface area (Å²) in [6, 6.07) is 11.5. The van der Waals surface area contributed by atoms with Gasteiger partial charge < -0.3 is 19.7 Å². The molecule has 0 saturated heterocycles. The third-order valence-electron chi connectivity index (χ3n) is 6.96. The van der Waals surface area contributed by atoms with Crippen LogP contribution in [0.15, 0.2) is 42.5 Å². The number of methoxy groups -OCH3 is 2. The van der Waals surface area contributed by atoms with Crippen LogP contribution in [0.4, 0.5) is 5.69 Å². The van der Waals surface area contributed by atoms with Crippen molar-refractivity contribution in [1.29, 1.82) is 0 Å². The van der Waals surface area contributed by atoms with E-state index in [9.17, 15) is 18.0 Å². The number of rotatable bonds is 13. The first-order valence-corrected chi connectivity index (χ1v) is 15.3. The summed E-state index contributed by atoms with van der Waals surface area (Å²) in [5.41, 5.74) is 1.24. The van der Waals surface area contributed by atoms with Gasteiger partial charge in [-0.1, -0.05) is 36.6 Å². The molecule has 1 atom stereocenters. The normalized spacial score (nSPS) is 14.5. The average molecular weight is 580 g/mol. The van der Waals surface area contributed by atoms with Gasteiger partial charge in [0.25, 0.3) is 0 Å². The molecule has 1 aliphatic rings. The van der Waals surface area contributed by atoms with Crippen LogP contribution in [0.25, 0.3) is 0 Å². The lowest BCUT2D eigenvalue weighted by Crippen LogP contribution is -2.49. The lowest BCUT2D eigenvalue weighted by molar-refractivity contribution is -0.141. The number of nitrogens with one attached hydrogen (secondary N) is 1. The Morgan fingerprint density at radius 2 is 1.74 bits per heavy atom. The van der Waals surface area contributed by atoms with E-state index in [0.717, 1.165) is 37.5 Å². The highest BCUT2D eigenvalue weighted by atomic mass is 35.5. The van der Waals surface area contributed by atoms with Gasteiger partial charge in [-0.25, -0.2) is 8.42 Å². The Hall–Kier alpha value is -2.98. The summed E-state index contributed by atoms with van der Waals surface area (Å²) in [6.45, 7) is 2.05. The topological polar surface area (TPSA) is 105 Å². The first-order valence-electron chi connectivity index (χ1n) is 13.1. The molecular weight excluding hydrogens is 542 g/mol. The minimum Gasteiger partial charge on any atom is -0.497 e. The molecule has 214 valence electrons. The molecule has 1 N–H and O–H groups in total. The van der Waals surface area contributed by atoms with E-state index >= 15 is 0 Å². The van der Waals surface area contributed by atoms with Crippen LogP contribution in [0.2, 0.25) is 5.02 Å². The predicted molar refractivity (Wildman–Crippen MR) is 153 cm³/mol. The summed E-state index contributed by atoms with van der Waals surface area (Å²) in [5.74, 6) is 0.710. The molecule has 0 bridgehead atoms. The first-order chi connectivity index (χ1) is 18.5. The lowest BCUT2D eigenvalue weighted by Gasteiger charge is -2.30. The molecular formula is C28H38ClN3O6S. The fraction of sp³-hybridized carbons (Fsp3) is 0.500. The highest BCUT2D eigenvalue weighted by Crippen LogP contribution is 2.30. The molecule has 0 radical (unpaired) electrons. The lowest BCUT2D eigenvalue weighted by atomic mass is 10.1. The number of nitrogens with zero attached hydrogens (tertiary/aromatic N) is 2. The third kappa shape index (κ3) is 8.50. The number of hydrogen-bond donors (Lipinski definition) is 1. The summed E-state index contributed by atoms with van der Waals surface area (Å²) in [5, 5.41) is 3.37. The van der Waals surface area contributed by atoms with Crippen molar-refractivity contribution in [1.82, 2.24) is 10.2 Å². The molecule has 1 saturated carbocycles. The van der Waals surface area contributed by atoms with Crippen molar-refractivity contribution < 1.29 is 27.5 Å². The SMILES string of the molecule is COc1ccc(CN(C(=O)CCCN(c2ccc(OC)c(Cl)c2)S(C)(=O)=O)C(C)C(=O)NC2CCCC2)cc1. The van der Waals surface area contributed by atoms with E-state index in [1.54, 1.807) is 31.1 Å². The number of carbonyl (C=O) groups is 2. The van der Waals surface area contributed by atoms with Crippen molar-refractivity contribution in [2.24, 2.45) is 0 Å². The molecule has 9 nitrogen and oxygen atoms in total. The van der Waals surface area contributed by atoms with E-state index < -0.39 is 16.1 Å². The molecule has 0 aliphatic heterocycles. The summed E-state index contributed by atoms with van der Waals surface area (Å²) < 4.78 is 36.7. The quantitative estimate of drug-likeness (QED) is 0.378. The fourth-order valence-electron chi connectivity index (χ4n) is 4.72. The van der Waals surface area contributed by atoms with E-state index in [0.29, 0.717) is 17.2 Å². The van der Waals surface area contributed by atoms with Crippen LogP contribution in [-0.4, -0.2) is 64.2 Å². The molecule has 0 heterocycles. The van der Waals surface area contributed by atoms with Gasteiger partial charge in [0.1, 0.15) is 17.5 Å². The van der Waals surface area contributed by atoms with Crippen LogP contribution in [0.3, 0.4) is 0 Å². The second kappa shape index (κ2) is 13.9. The number of carbonyl (C=O) groups excluding carboxylic acids is 2. The highest BCUT2D eigenvalue weighted by molar-refractivity contribution is 7.92. The smallest absolute Gasteiger partial charge is 0.242 e. The molecule has 11 heteroatoms. The van der Waals surface area contributed by atoms with Crippen molar-refractivity contribution in [3.63, 3.8) is 0 Å². The van der Waals surface area contributed by atoms with E-state index in [1.807, 2.05) is 24.3 Å². The van der Waals surface area contributed by atoms with Gasteiger partial charge in [0, 0.05) is 25.6 Å². The number of amides is 2. The van der Waals surface area contributed by atoms with Crippen LogP contribution in [0.5, 0.6) is 11.5 Å². The maximum absolute atomic E-state index is 13.5. The summed E-state index contributed by atoms with van der Waals surface area (Å²) in [7, 11) is -0.575. The Labute approximate surface area is 236 Å². The van der Waals surface area contributed by atoms with Gasteiger partial charge in [-0.3, -0.25) is 13.9 Å². The van der Waals surface area contributed by atoms with Gasteiger partial charge in [0.15, 0.2) is 0 Å². The van der Waals surface area contributed by atoms with Gasteiger partial charge >= 0.3 is 0 Å². The van der Waals surface area contributed by atoms with E-state index in [-0.39, 0.29) is 48.8 Å². The molecule has 1 fully saturated rings. The molecule has 2 aromatic rings. The predicted octanol–water partition coefficient (Wildman–Crippen LogP) is 4.38. The second-order valence-corrected chi connectivity index (χ2v) is 12.1. The van der Waals surface area contributed by atoms with Crippen molar-refractivity contribution >= 4 is 39.1 Å². The Kier molecular flexibility index (Phi) is 10.9. The molecule has 2 aromatic carbocycles.